The van der Waals surface area contributed by atoms with Crippen LogP contribution in [0.5, 0.6) is 0 Å². The third-order valence-electron chi connectivity index (χ3n) is 11.7. The van der Waals surface area contributed by atoms with Crippen LogP contribution in [0.3, 0.4) is 0 Å². The van der Waals surface area contributed by atoms with Crippen molar-refractivity contribution in [2.24, 2.45) is 23.7 Å². The molecule has 2 aliphatic rings. The maximum atomic E-state index is 13.8. The number of hydrogen-bond acceptors (Lipinski definition) is 7. The van der Waals surface area contributed by atoms with E-state index in [0.717, 1.165) is 68.6 Å². The summed E-state index contributed by atoms with van der Waals surface area (Å²) in [5.74, 6) is 0.875. The number of aromatic nitrogens is 3. The number of benzene rings is 3. The van der Waals surface area contributed by atoms with Gasteiger partial charge in [-0.3, -0.25) is 9.59 Å². The number of aromatic amines is 2. The second kappa shape index (κ2) is 16.6. The molecule has 13 heteroatoms. The Balaban J connectivity index is 1.08. The smallest absolute Gasteiger partial charge is 0.407 e. The molecule has 58 heavy (non-hydrogen) atoms. The highest BCUT2D eigenvalue weighted by molar-refractivity contribution is 5.89. The average molecular weight is 790 g/mol. The number of hydrogen-bond donors (Lipinski definition) is 4. The molecule has 0 bridgehead atoms. The van der Waals surface area contributed by atoms with Crippen molar-refractivity contribution in [1.82, 2.24) is 35.4 Å². The van der Waals surface area contributed by atoms with Gasteiger partial charge >= 0.3 is 12.2 Å². The van der Waals surface area contributed by atoms with Crippen molar-refractivity contribution in [2.45, 2.75) is 78.6 Å². The summed E-state index contributed by atoms with van der Waals surface area (Å²) < 4.78 is 9.60. The number of alkyl carbamates (subject to hydrolysis) is 2. The number of nitrogens with zero attached hydrogens (tertiary/aromatic N) is 3. The number of carbonyl (C=O) groups excluding carboxylic acids is 4. The molecule has 0 radical (unpaired) electrons. The molecule has 6 atom stereocenters. The summed E-state index contributed by atoms with van der Waals surface area (Å²) in [6.45, 7) is 13.1. The van der Waals surface area contributed by atoms with Crippen LogP contribution in [0.15, 0.2) is 66.7 Å². The predicted molar refractivity (Wildman–Crippen MR) is 224 cm³/mol. The first-order valence-corrected chi connectivity index (χ1v) is 20.3. The molecule has 0 aliphatic carbocycles. The van der Waals surface area contributed by atoms with Gasteiger partial charge in [-0.25, -0.2) is 14.6 Å². The van der Waals surface area contributed by atoms with Crippen molar-refractivity contribution in [1.29, 1.82) is 0 Å². The lowest BCUT2D eigenvalue weighted by Gasteiger charge is -2.30. The average Bonchev–Trinajstić information content (AvgIpc) is 4.01. The number of fused-ring (bicyclic) bond motifs is 2. The highest BCUT2D eigenvalue weighted by Gasteiger charge is 2.41. The lowest BCUT2D eigenvalue weighted by molar-refractivity contribution is -0.136. The van der Waals surface area contributed by atoms with Gasteiger partial charge in [0.2, 0.25) is 11.8 Å². The number of ether oxygens (including phenoxy) is 2. The zero-order valence-electron chi connectivity index (χ0n) is 34.6. The summed E-state index contributed by atoms with van der Waals surface area (Å²) >= 11 is 0. The number of likely N-dealkylation sites (tertiary alicyclic amines) is 2. The van der Waals surface area contributed by atoms with Gasteiger partial charge < -0.3 is 39.9 Å². The van der Waals surface area contributed by atoms with E-state index in [1.165, 1.54) is 14.2 Å². The summed E-state index contributed by atoms with van der Waals surface area (Å²) in [6, 6.07) is 21.4. The molecule has 5 aromatic rings. The first-order chi connectivity index (χ1) is 27.7. The monoisotopic (exact) mass is 789 g/mol. The highest BCUT2D eigenvalue weighted by Crippen LogP contribution is 2.39. The Morgan fingerprint density at radius 3 is 1.67 bits per heavy atom. The zero-order valence-corrected chi connectivity index (χ0v) is 34.6. The molecular weight excluding hydrogens is 735 g/mol. The van der Waals surface area contributed by atoms with E-state index in [-0.39, 0.29) is 41.7 Å². The van der Waals surface area contributed by atoms with Gasteiger partial charge in [0.1, 0.15) is 17.9 Å². The van der Waals surface area contributed by atoms with Gasteiger partial charge in [-0.2, -0.15) is 0 Å². The van der Waals surface area contributed by atoms with Gasteiger partial charge in [0.05, 0.1) is 37.3 Å². The van der Waals surface area contributed by atoms with Gasteiger partial charge in [0.15, 0.2) is 0 Å². The number of nitrogens with one attached hydrogen (secondary N) is 4. The second-order valence-electron chi connectivity index (χ2n) is 16.9. The summed E-state index contributed by atoms with van der Waals surface area (Å²) in [5.41, 5.74) is 7.94. The Hall–Kier alpha value is -5.85. The first kappa shape index (κ1) is 40.4. The van der Waals surface area contributed by atoms with Crippen molar-refractivity contribution < 1.29 is 28.7 Å². The van der Waals surface area contributed by atoms with Gasteiger partial charge in [-0.05, 0) is 88.4 Å². The van der Waals surface area contributed by atoms with E-state index >= 15 is 0 Å². The Kier molecular flexibility index (Phi) is 11.5. The maximum absolute atomic E-state index is 13.8. The molecule has 4 N–H and O–H groups in total. The van der Waals surface area contributed by atoms with E-state index in [1.807, 2.05) is 43.6 Å². The zero-order chi connectivity index (χ0) is 41.4. The predicted octanol–water partition coefficient (Wildman–Crippen LogP) is 7.96. The standard InChI is InChI=1S/C45H55N7O6/c1-24(2)39(49-44(55)57-7)42(53)51-22-26(5)17-37(51)36-21-32-14-13-30(19-34(32)46-36)28-9-11-29(12-10-28)31-15-16-33-35(20-31)48-41(47-33)38-18-27(6)23-52(38)43(54)40(25(3)4)50-45(56)58-8/h9-16,19-21,24-27,37-40,46H,17-18,22-23H2,1-8H3,(H,47,48)(H,49,55)(H,50,56)/t26-,27-,37-,38-,39-,40-/m0/s1. The Morgan fingerprint density at radius 2 is 1.14 bits per heavy atom. The molecule has 0 unspecified atom stereocenters. The quantitative estimate of drug-likeness (QED) is 0.112. The lowest BCUT2D eigenvalue weighted by Crippen LogP contribution is -2.51. The van der Waals surface area contributed by atoms with E-state index in [4.69, 9.17) is 14.5 Å². The van der Waals surface area contributed by atoms with Crippen LogP contribution in [-0.4, -0.2) is 88.1 Å². The summed E-state index contributed by atoms with van der Waals surface area (Å²) in [7, 11) is 2.60. The third-order valence-corrected chi connectivity index (χ3v) is 11.7. The Bertz CT molecular complexity index is 2150. The van der Waals surface area contributed by atoms with Crippen LogP contribution in [0.4, 0.5) is 9.59 Å². The third kappa shape index (κ3) is 8.12. The molecule has 13 nitrogen and oxygen atoms in total. The second-order valence-corrected chi connectivity index (χ2v) is 16.9. The van der Waals surface area contributed by atoms with E-state index in [0.29, 0.717) is 19.0 Å². The molecule has 3 aromatic carbocycles. The SMILES string of the molecule is COC(=O)N[C@H](C(=O)N1C[C@@H](C)C[C@H]1c1cc2ccc(-c3ccc(-c4ccc5nc([C@@H]6C[C@H](C)CN6C(=O)[C@@H](NC(=O)OC)C(C)C)[nH]c5c4)cc3)cc2[nH]1)C(C)C. The Labute approximate surface area is 339 Å². The molecule has 0 spiro atoms. The summed E-state index contributed by atoms with van der Waals surface area (Å²) in [5, 5.41) is 6.53. The number of imidazole rings is 1. The molecule has 2 aliphatic heterocycles. The molecule has 306 valence electrons. The normalized spacial score (nSPS) is 20.5. The van der Waals surface area contributed by atoms with Crippen LogP contribution < -0.4 is 10.6 Å². The molecular formula is C45H55N7O6. The number of carbonyl (C=O) groups is 4. The van der Waals surface area contributed by atoms with Crippen molar-refractivity contribution in [3.63, 3.8) is 0 Å². The first-order valence-electron chi connectivity index (χ1n) is 20.3. The maximum Gasteiger partial charge on any atom is 0.407 e. The van der Waals surface area contributed by atoms with Crippen LogP contribution in [0.25, 0.3) is 44.2 Å². The molecule has 2 aromatic heterocycles. The number of H-pyrrole nitrogens is 2. The van der Waals surface area contributed by atoms with Crippen molar-refractivity contribution >= 4 is 45.9 Å². The van der Waals surface area contributed by atoms with E-state index in [9.17, 15) is 19.2 Å². The van der Waals surface area contributed by atoms with Gasteiger partial charge in [0.25, 0.3) is 0 Å². The van der Waals surface area contributed by atoms with Gasteiger partial charge in [-0.15, -0.1) is 0 Å². The van der Waals surface area contributed by atoms with E-state index < -0.39 is 24.3 Å². The van der Waals surface area contributed by atoms with Crippen LogP contribution in [0.1, 0.15) is 78.0 Å². The van der Waals surface area contributed by atoms with Crippen LogP contribution in [0.2, 0.25) is 0 Å². The van der Waals surface area contributed by atoms with Crippen LogP contribution >= 0.6 is 0 Å². The molecule has 7 rings (SSSR count). The van der Waals surface area contributed by atoms with Crippen molar-refractivity contribution in [3.8, 4) is 22.3 Å². The number of amides is 4. The van der Waals surface area contributed by atoms with E-state index in [1.54, 1.807) is 0 Å². The minimum absolute atomic E-state index is 0.0977. The minimum Gasteiger partial charge on any atom is -0.453 e. The van der Waals surface area contributed by atoms with Crippen molar-refractivity contribution in [2.75, 3.05) is 27.3 Å². The summed E-state index contributed by atoms with van der Waals surface area (Å²) in [6.07, 6.45) is 0.362. The van der Waals surface area contributed by atoms with Crippen LogP contribution in [0, 0.1) is 23.7 Å². The fraction of sp³-hybridized carbons (Fsp3) is 0.444. The largest absolute Gasteiger partial charge is 0.453 e. The van der Waals surface area contributed by atoms with Gasteiger partial charge in [0, 0.05) is 24.3 Å². The van der Waals surface area contributed by atoms with E-state index in [2.05, 4.69) is 95.1 Å². The van der Waals surface area contributed by atoms with Gasteiger partial charge in [-0.1, -0.05) is 84.0 Å². The van der Waals surface area contributed by atoms with Crippen LogP contribution in [-0.2, 0) is 19.1 Å². The molecule has 0 saturated carbocycles. The minimum atomic E-state index is -0.702. The highest BCUT2D eigenvalue weighted by atomic mass is 16.5. The fourth-order valence-corrected chi connectivity index (χ4v) is 8.62. The topological polar surface area (TPSA) is 162 Å². The number of rotatable bonds is 10. The van der Waals surface area contributed by atoms with Crippen molar-refractivity contribution in [3.05, 3.63) is 78.2 Å². The lowest BCUT2D eigenvalue weighted by atomic mass is 9.99. The molecule has 4 amide bonds. The molecule has 2 saturated heterocycles. The summed E-state index contributed by atoms with van der Waals surface area (Å²) in [4.78, 5) is 67.5. The number of methoxy groups -OCH3 is 2. The Morgan fingerprint density at radius 1 is 0.655 bits per heavy atom. The molecule has 2 fully saturated rings. The fourth-order valence-electron chi connectivity index (χ4n) is 8.62. The molecule has 4 heterocycles.